The predicted octanol–water partition coefficient (Wildman–Crippen LogP) is 3.82. The van der Waals surface area contributed by atoms with E-state index in [4.69, 9.17) is 4.74 Å². The molecule has 0 spiro atoms. The standard InChI is InChI=1S/C22H33N5O.HI/c1-5-19-18(20(6-2)27(4)26-19)14-25-22(23-3)24-13-17-9-7-8-10-21(17)28-15-16-11-12-16;/h7-10,16H,5-6,11-15H2,1-4H3,(H2,23,24,25);1H. The topological polar surface area (TPSA) is 63.5 Å². The number of hydrogen-bond donors (Lipinski definition) is 2. The molecule has 0 amide bonds. The summed E-state index contributed by atoms with van der Waals surface area (Å²) in [5, 5.41) is 11.5. The Bertz CT molecular complexity index is 814. The largest absolute Gasteiger partial charge is 0.493 e. The molecule has 0 unspecified atom stereocenters. The third-order valence-corrected chi connectivity index (χ3v) is 5.27. The highest BCUT2D eigenvalue weighted by Crippen LogP contribution is 2.30. The number of hydrogen-bond acceptors (Lipinski definition) is 3. The number of aliphatic imine (C=N–C) groups is 1. The Labute approximate surface area is 191 Å². The smallest absolute Gasteiger partial charge is 0.191 e. The van der Waals surface area contributed by atoms with Gasteiger partial charge < -0.3 is 15.4 Å². The van der Waals surface area contributed by atoms with E-state index in [1.165, 1.54) is 24.1 Å². The van der Waals surface area contributed by atoms with Crippen LogP contribution in [0.5, 0.6) is 5.75 Å². The lowest BCUT2D eigenvalue weighted by Crippen LogP contribution is -2.36. The zero-order valence-corrected chi connectivity index (χ0v) is 20.3. The molecule has 0 radical (unpaired) electrons. The number of aryl methyl sites for hydroxylation is 2. The molecule has 160 valence electrons. The number of para-hydroxylation sites is 1. The van der Waals surface area contributed by atoms with E-state index >= 15 is 0 Å². The second-order valence-electron chi connectivity index (χ2n) is 7.34. The number of aromatic nitrogens is 2. The van der Waals surface area contributed by atoms with Gasteiger partial charge in [0, 0.05) is 44.0 Å². The maximum atomic E-state index is 6.01. The molecule has 29 heavy (non-hydrogen) atoms. The Morgan fingerprint density at radius 1 is 1.17 bits per heavy atom. The minimum atomic E-state index is 0. The lowest BCUT2D eigenvalue weighted by molar-refractivity contribution is 0.296. The first kappa shape index (κ1) is 23.5. The van der Waals surface area contributed by atoms with Crippen LogP contribution in [0.4, 0.5) is 0 Å². The molecule has 1 aromatic carbocycles. The van der Waals surface area contributed by atoms with Gasteiger partial charge in [-0.05, 0) is 37.7 Å². The highest BCUT2D eigenvalue weighted by Gasteiger charge is 2.22. The van der Waals surface area contributed by atoms with Gasteiger partial charge in [0.1, 0.15) is 5.75 Å². The van der Waals surface area contributed by atoms with Gasteiger partial charge in [0.25, 0.3) is 0 Å². The number of rotatable bonds is 9. The second-order valence-corrected chi connectivity index (χ2v) is 7.34. The molecule has 0 atom stereocenters. The molecule has 7 heteroatoms. The van der Waals surface area contributed by atoms with Crippen LogP contribution in [0.25, 0.3) is 0 Å². The highest BCUT2D eigenvalue weighted by atomic mass is 127. The quantitative estimate of drug-likeness (QED) is 0.305. The maximum absolute atomic E-state index is 6.01. The van der Waals surface area contributed by atoms with Gasteiger partial charge in [0.05, 0.1) is 12.3 Å². The Morgan fingerprint density at radius 2 is 1.90 bits per heavy atom. The van der Waals surface area contributed by atoms with Crippen molar-refractivity contribution < 1.29 is 4.74 Å². The molecule has 0 aliphatic heterocycles. The van der Waals surface area contributed by atoms with E-state index in [1.807, 2.05) is 29.9 Å². The first-order valence-electron chi connectivity index (χ1n) is 10.3. The van der Waals surface area contributed by atoms with Gasteiger partial charge in [0.15, 0.2) is 5.96 Å². The number of ether oxygens (including phenoxy) is 1. The molecule has 2 N–H and O–H groups in total. The maximum Gasteiger partial charge on any atom is 0.191 e. The summed E-state index contributed by atoms with van der Waals surface area (Å²) < 4.78 is 8.01. The van der Waals surface area contributed by atoms with Crippen LogP contribution in [-0.2, 0) is 33.0 Å². The Kier molecular flexibility index (Phi) is 9.26. The van der Waals surface area contributed by atoms with Crippen molar-refractivity contribution >= 4 is 29.9 Å². The molecule has 6 nitrogen and oxygen atoms in total. The van der Waals surface area contributed by atoms with E-state index in [0.29, 0.717) is 6.54 Å². The highest BCUT2D eigenvalue weighted by molar-refractivity contribution is 14.0. The zero-order valence-electron chi connectivity index (χ0n) is 18.0. The Balaban J connectivity index is 0.00000300. The molecule has 0 saturated heterocycles. The minimum absolute atomic E-state index is 0. The summed E-state index contributed by atoms with van der Waals surface area (Å²) in [6.45, 7) is 6.54. The zero-order chi connectivity index (χ0) is 19.9. The Hall–Kier alpha value is -1.77. The second kappa shape index (κ2) is 11.4. The third-order valence-electron chi connectivity index (χ3n) is 5.27. The minimum Gasteiger partial charge on any atom is -0.493 e. The van der Waals surface area contributed by atoms with Crippen molar-refractivity contribution in [3.63, 3.8) is 0 Å². The average Bonchev–Trinajstić information content (AvgIpc) is 3.49. The average molecular weight is 511 g/mol. The number of nitrogens with one attached hydrogen (secondary N) is 2. The molecule has 1 saturated carbocycles. The van der Waals surface area contributed by atoms with Gasteiger partial charge in [-0.25, -0.2) is 0 Å². The molecule has 0 bridgehead atoms. The van der Waals surface area contributed by atoms with Crippen LogP contribution in [0, 0.1) is 5.92 Å². The van der Waals surface area contributed by atoms with E-state index in [9.17, 15) is 0 Å². The molecule has 3 rings (SSSR count). The molecule has 1 heterocycles. The first-order chi connectivity index (χ1) is 13.7. The van der Waals surface area contributed by atoms with Gasteiger partial charge in [-0.2, -0.15) is 5.10 Å². The van der Waals surface area contributed by atoms with Gasteiger partial charge in [-0.3, -0.25) is 9.67 Å². The number of benzene rings is 1. The van der Waals surface area contributed by atoms with E-state index in [0.717, 1.165) is 54.9 Å². The number of guanidine groups is 1. The van der Waals surface area contributed by atoms with Gasteiger partial charge >= 0.3 is 0 Å². The van der Waals surface area contributed by atoms with Crippen LogP contribution >= 0.6 is 24.0 Å². The summed E-state index contributed by atoms with van der Waals surface area (Å²) in [7, 11) is 3.82. The molecule has 2 aromatic rings. The molecule has 1 aliphatic rings. The summed E-state index contributed by atoms with van der Waals surface area (Å²) in [5.41, 5.74) is 4.86. The number of halogens is 1. The Morgan fingerprint density at radius 3 is 2.55 bits per heavy atom. The van der Waals surface area contributed by atoms with E-state index in [2.05, 4.69) is 40.6 Å². The van der Waals surface area contributed by atoms with Crippen molar-refractivity contribution in [2.75, 3.05) is 13.7 Å². The van der Waals surface area contributed by atoms with Crippen LogP contribution < -0.4 is 15.4 Å². The van der Waals surface area contributed by atoms with E-state index in [-0.39, 0.29) is 24.0 Å². The summed E-state index contributed by atoms with van der Waals surface area (Å²) in [5.74, 6) is 2.49. The van der Waals surface area contributed by atoms with Crippen molar-refractivity contribution in [3.8, 4) is 5.75 Å². The molecule has 1 aliphatic carbocycles. The summed E-state index contributed by atoms with van der Waals surface area (Å²) >= 11 is 0. The lowest BCUT2D eigenvalue weighted by Gasteiger charge is -2.15. The first-order valence-corrected chi connectivity index (χ1v) is 10.3. The summed E-state index contributed by atoms with van der Waals surface area (Å²) in [6.07, 6.45) is 4.50. The van der Waals surface area contributed by atoms with Crippen LogP contribution in [0.15, 0.2) is 29.3 Å². The van der Waals surface area contributed by atoms with E-state index < -0.39 is 0 Å². The molecular weight excluding hydrogens is 477 g/mol. The predicted molar refractivity (Wildman–Crippen MR) is 129 cm³/mol. The van der Waals surface area contributed by atoms with Crippen molar-refractivity contribution in [1.82, 2.24) is 20.4 Å². The molecular formula is C22H34IN5O. The SMILES string of the molecule is CCc1nn(C)c(CC)c1CNC(=NC)NCc1ccccc1OCC1CC1.I. The molecule has 1 aromatic heterocycles. The van der Waals surface area contributed by atoms with Crippen molar-refractivity contribution in [2.45, 2.75) is 52.6 Å². The summed E-state index contributed by atoms with van der Waals surface area (Å²) in [4.78, 5) is 4.38. The van der Waals surface area contributed by atoms with E-state index in [1.54, 1.807) is 7.05 Å². The van der Waals surface area contributed by atoms with Crippen molar-refractivity contribution in [1.29, 1.82) is 0 Å². The van der Waals surface area contributed by atoms with Crippen LogP contribution in [0.3, 0.4) is 0 Å². The van der Waals surface area contributed by atoms with Crippen LogP contribution in [-0.4, -0.2) is 29.4 Å². The number of nitrogens with zero attached hydrogens (tertiary/aromatic N) is 3. The fraction of sp³-hybridized carbons (Fsp3) is 0.545. The lowest BCUT2D eigenvalue weighted by atomic mass is 10.1. The monoisotopic (exact) mass is 511 g/mol. The van der Waals surface area contributed by atoms with Gasteiger partial charge in [0.2, 0.25) is 0 Å². The third kappa shape index (κ3) is 6.35. The van der Waals surface area contributed by atoms with Gasteiger partial charge in [-0.15, -0.1) is 24.0 Å². The van der Waals surface area contributed by atoms with Crippen LogP contribution in [0.2, 0.25) is 0 Å². The fourth-order valence-electron chi connectivity index (χ4n) is 3.45. The van der Waals surface area contributed by atoms with Gasteiger partial charge in [-0.1, -0.05) is 32.0 Å². The fourth-order valence-corrected chi connectivity index (χ4v) is 3.45. The molecule has 1 fully saturated rings. The normalized spacial score (nSPS) is 13.7. The van der Waals surface area contributed by atoms with Crippen molar-refractivity contribution in [3.05, 3.63) is 46.8 Å². The summed E-state index contributed by atoms with van der Waals surface area (Å²) in [6, 6.07) is 8.23. The van der Waals surface area contributed by atoms with Crippen molar-refractivity contribution in [2.24, 2.45) is 18.0 Å². The van der Waals surface area contributed by atoms with Crippen LogP contribution in [0.1, 0.15) is 49.2 Å².